The molecule has 4 rings (SSSR count). The maximum absolute atomic E-state index is 16.3. The number of Topliss-reactive ketones (excluding diaryl/α,β-unsaturated/α-hetero) is 2. The molecule has 268 valence electrons. The molecular weight excluding hydrogens is 654 g/mol. The molecule has 4 heterocycles. The van der Waals surface area contributed by atoms with Gasteiger partial charge in [0.25, 0.3) is 5.67 Å². The molecule has 2 N–H and O–H groups in total. The summed E-state index contributed by atoms with van der Waals surface area (Å²) in [6, 6.07) is -0.875. The molecule has 0 aliphatic carbocycles. The summed E-state index contributed by atoms with van der Waals surface area (Å²) < 4.78 is 35.3. The number of nitrogen functional groups attached to an aromatic ring is 1. The van der Waals surface area contributed by atoms with Crippen LogP contribution in [-0.2, 0) is 35.1 Å². The summed E-state index contributed by atoms with van der Waals surface area (Å²) in [5.41, 5.74) is 1.84. The number of aromatic nitrogens is 4. The smallest absolute Gasteiger partial charge is 0.411 e. The number of methoxy groups -OCH3 is 1. The number of rotatable bonds is 8. The van der Waals surface area contributed by atoms with Crippen LogP contribution < -0.4 is 5.73 Å². The van der Waals surface area contributed by atoms with Crippen molar-refractivity contribution in [3.8, 4) is 10.6 Å². The van der Waals surface area contributed by atoms with Gasteiger partial charge in [0.1, 0.15) is 25.4 Å². The van der Waals surface area contributed by atoms with Crippen LogP contribution in [0.1, 0.15) is 67.7 Å². The zero-order valence-electron chi connectivity index (χ0n) is 29.8. The standard InChI is InChI=1S/C33H48BFN6O7S/c1-9-24-32(7)26(41(30(45)48-32)15-11-10-14-40-17-22(38-39-40)23-16-37-29(36)49-23)19(3)25(42)18(2)12-13-33(34,21(5)46-8)20(4)27(43)31(6,35)28(44)47-24/h10-11,16-21,24,26H,9,12-15,34H2,1-8H3,(H2,36,37)/b11-10+/t18-,19+,20+,21?,24-,26-,31+,32-,33+/m1/s1. The van der Waals surface area contributed by atoms with Crippen molar-refractivity contribution in [3.05, 3.63) is 24.5 Å². The summed E-state index contributed by atoms with van der Waals surface area (Å²) in [4.78, 5) is 61.1. The Hall–Kier alpha value is -3.66. The number of allylic oxidation sites excluding steroid dienone is 1. The lowest BCUT2D eigenvalue weighted by Gasteiger charge is -2.43. The van der Waals surface area contributed by atoms with Crippen molar-refractivity contribution in [2.75, 3.05) is 19.4 Å². The summed E-state index contributed by atoms with van der Waals surface area (Å²) in [6.45, 7) is 11.6. The number of ketones is 2. The van der Waals surface area contributed by atoms with Crippen molar-refractivity contribution in [2.24, 2.45) is 17.8 Å². The topological polar surface area (TPSA) is 169 Å². The van der Waals surface area contributed by atoms with Crippen LogP contribution in [-0.4, -0.2) is 99.5 Å². The van der Waals surface area contributed by atoms with E-state index < -0.39 is 70.4 Å². The fourth-order valence-corrected chi connectivity index (χ4v) is 7.82. The van der Waals surface area contributed by atoms with E-state index in [9.17, 15) is 19.2 Å². The van der Waals surface area contributed by atoms with Crippen LogP contribution in [0.5, 0.6) is 0 Å². The van der Waals surface area contributed by atoms with Gasteiger partial charge >= 0.3 is 12.1 Å². The van der Waals surface area contributed by atoms with Gasteiger partial charge in [0.05, 0.1) is 29.8 Å². The number of hydrogen-bond donors (Lipinski definition) is 1. The van der Waals surface area contributed by atoms with Gasteiger partial charge in [0.15, 0.2) is 16.5 Å². The predicted molar refractivity (Wildman–Crippen MR) is 184 cm³/mol. The average molecular weight is 703 g/mol. The molecule has 2 aromatic rings. The Morgan fingerprint density at radius 2 is 1.88 bits per heavy atom. The Balaban J connectivity index is 1.66. The maximum atomic E-state index is 16.3. The minimum Gasteiger partial charge on any atom is -0.455 e. The fourth-order valence-electron chi connectivity index (χ4n) is 7.19. The number of ether oxygens (including phenoxy) is 3. The first kappa shape index (κ1) is 38.2. The number of carbonyl (C=O) groups excluding carboxylic acids is 4. The Bertz CT molecular complexity index is 1580. The second-order valence-corrected chi connectivity index (χ2v) is 15.0. The van der Waals surface area contributed by atoms with E-state index in [1.807, 2.05) is 14.8 Å². The number of cyclic esters (lactones) is 1. The third-order valence-corrected chi connectivity index (χ3v) is 11.7. The van der Waals surface area contributed by atoms with Gasteiger partial charge in [0.2, 0.25) is 0 Å². The van der Waals surface area contributed by atoms with E-state index in [4.69, 9.17) is 19.9 Å². The van der Waals surface area contributed by atoms with Gasteiger partial charge in [0, 0.05) is 37.6 Å². The molecule has 2 fully saturated rings. The molecule has 2 saturated heterocycles. The molecule has 0 bridgehead atoms. The summed E-state index contributed by atoms with van der Waals surface area (Å²) in [7, 11) is 3.32. The van der Waals surface area contributed by atoms with E-state index in [0.717, 1.165) is 11.8 Å². The van der Waals surface area contributed by atoms with Crippen LogP contribution in [0.2, 0.25) is 5.31 Å². The highest BCUT2D eigenvalue weighted by atomic mass is 32.1. The lowest BCUT2D eigenvalue weighted by Crippen LogP contribution is -2.59. The van der Waals surface area contributed by atoms with E-state index in [0.29, 0.717) is 30.2 Å². The second kappa shape index (κ2) is 14.7. The minimum atomic E-state index is -2.98. The second-order valence-electron chi connectivity index (χ2n) is 13.9. The first-order valence-corrected chi connectivity index (χ1v) is 17.5. The molecular formula is C33H48BFN6O7S. The number of esters is 1. The molecule has 2 aliphatic heterocycles. The quantitative estimate of drug-likeness (QED) is 0.184. The van der Waals surface area contributed by atoms with Crippen molar-refractivity contribution >= 4 is 47.9 Å². The van der Waals surface area contributed by atoms with Crippen molar-refractivity contribution < 1.29 is 37.8 Å². The van der Waals surface area contributed by atoms with Crippen molar-refractivity contribution in [2.45, 2.75) is 109 Å². The molecule has 0 radical (unpaired) electrons. The minimum absolute atomic E-state index is 0.0721. The Morgan fingerprint density at radius 1 is 1.20 bits per heavy atom. The number of halogens is 1. The van der Waals surface area contributed by atoms with E-state index in [-0.39, 0.29) is 18.7 Å². The van der Waals surface area contributed by atoms with E-state index in [1.54, 1.807) is 63.8 Å². The number of alkyl halides is 1. The lowest BCUT2D eigenvalue weighted by atomic mass is 9.53. The molecule has 16 heteroatoms. The first-order chi connectivity index (χ1) is 22.9. The molecule has 2 aliphatic rings. The summed E-state index contributed by atoms with van der Waals surface area (Å²) in [5.74, 6) is -4.58. The monoisotopic (exact) mass is 702 g/mol. The van der Waals surface area contributed by atoms with E-state index in [1.165, 1.54) is 23.3 Å². The number of nitrogens with zero attached hydrogens (tertiary/aromatic N) is 5. The van der Waals surface area contributed by atoms with Crippen molar-refractivity contribution in [3.63, 3.8) is 0 Å². The Morgan fingerprint density at radius 3 is 2.49 bits per heavy atom. The third-order valence-electron chi connectivity index (χ3n) is 10.8. The number of fused-ring (bicyclic) bond motifs is 1. The molecule has 1 amide bonds. The van der Waals surface area contributed by atoms with Gasteiger partial charge < -0.3 is 19.9 Å². The number of thiazole rings is 1. The maximum Gasteiger partial charge on any atom is 0.411 e. The highest BCUT2D eigenvalue weighted by Gasteiger charge is 2.61. The molecule has 0 aromatic carbocycles. The Kier molecular flexibility index (Phi) is 11.4. The predicted octanol–water partition coefficient (Wildman–Crippen LogP) is 3.84. The van der Waals surface area contributed by atoms with Gasteiger partial charge in [-0.3, -0.25) is 14.5 Å². The number of amides is 1. The van der Waals surface area contributed by atoms with Crippen LogP contribution in [0.25, 0.3) is 10.6 Å². The largest absolute Gasteiger partial charge is 0.455 e. The summed E-state index contributed by atoms with van der Waals surface area (Å²) in [5, 5.41) is 7.82. The number of carbonyl (C=O) groups is 4. The molecule has 49 heavy (non-hydrogen) atoms. The highest BCUT2D eigenvalue weighted by Crippen LogP contribution is 2.47. The summed E-state index contributed by atoms with van der Waals surface area (Å²) in [6.07, 6.45) is 5.44. The average Bonchev–Trinajstić information content (AvgIpc) is 3.79. The molecule has 1 unspecified atom stereocenters. The fraction of sp³-hybridized carbons (Fsp3) is 0.667. The summed E-state index contributed by atoms with van der Waals surface area (Å²) >= 11 is 1.30. The first-order valence-electron chi connectivity index (χ1n) is 16.7. The molecule has 0 saturated carbocycles. The van der Waals surface area contributed by atoms with Crippen LogP contribution in [0.15, 0.2) is 24.5 Å². The van der Waals surface area contributed by atoms with Gasteiger partial charge in [-0.1, -0.05) is 62.8 Å². The zero-order chi connectivity index (χ0) is 36.5. The molecule has 13 nitrogen and oxygen atoms in total. The highest BCUT2D eigenvalue weighted by molar-refractivity contribution is 7.18. The lowest BCUT2D eigenvalue weighted by molar-refractivity contribution is -0.180. The van der Waals surface area contributed by atoms with Gasteiger partial charge in [-0.25, -0.2) is 23.6 Å². The van der Waals surface area contributed by atoms with Crippen LogP contribution >= 0.6 is 11.3 Å². The van der Waals surface area contributed by atoms with Crippen molar-refractivity contribution in [1.29, 1.82) is 0 Å². The van der Waals surface area contributed by atoms with E-state index >= 15 is 4.39 Å². The SMILES string of the molecule is B[C@@]1(C(C)OC)CC[C@@H](C)C(=O)[C@H](C)[C@H]2N(C/C=C/Cn3cc(-c4cnc(N)s4)nn3)C(=O)O[C@]2(C)[C@@H](CC)OC(=O)[C@@](C)(F)C(=O)[C@@H]1C. The Labute approximate surface area is 291 Å². The van der Waals surface area contributed by atoms with Crippen LogP contribution in [0.4, 0.5) is 14.3 Å². The number of anilines is 1. The molecule has 0 spiro atoms. The molecule has 2 aromatic heterocycles. The number of nitrogens with two attached hydrogens (primary N) is 1. The zero-order valence-corrected chi connectivity index (χ0v) is 30.6. The van der Waals surface area contributed by atoms with Crippen molar-refractivity contribution in [1.82, 2.24) is 24.9 Å². The molecule has 9 atom stereocenters. The van der Waals surface area contributed by atoms with Gasteiger partial charge in [-0.05, 0) is 38.9 Å². The van der Waals surface area contributed by atoms with Gasteiger partial charge in [-0.15, -0.1) is 5.10 Å². The van der Waals surface area contributed by atoms with E-state index in [2.05, 4.69) is 15.3 Å². The van der Waals surface area contributed by atoms with Gasteiger partial charge in [-0.2, -0.15) is 0 Å². The normalized spacial score (nSPS) is 34.1. The van der Waals surface area contributed by atoms with Crippen LogP contribution in [0.3, 0.4) is 0 Å². The number of hydrogen-bond acceptors (Lipinski definition) is 12. The third kappa shape index (κ3) is 7.30. The van der Waals surface area contributed by atoms with Crippen LogP contribution in [0, 0.1) is 17.8 Å².